The van der Waals surface area contributed by atoms with Gasteiger partial charge in [-0.15, -0.1) is 0 Å². The number of benzene rings is 1. The Hall–Kier alpha value is -3.14. The highest BCUT2D eigenvalue weighted by molar-refractivity contribution is 7.92. The van der Waals surface area contributed by atoms with Gasteiger partial charge >= 0.3 is 0 Å². The molecular formula is C20H23N3O6S. The van der Waals surface area contributed by atoms with Crippen molar-refractivity contribution >= 4 is 27.6 Å². The summed E-state index contributed by atoms with van der Waals surface area (Å²) in [4.78, 5) is 40.0. The van der Waals surface area contributed by atoms with E-state index in [1.807, 2.05) is 6.92 Å². The van der Waals surface area contributed by atoms with Crippen LogP contribution in [-0.2, 0) is 19.4 Å². The minimum Gasteiger partial charge on any atom is -0.459 e. The van der Waals surface area contributed by atoms with E-state index in [1.165, 1.54) is 42.4 Å². The molecule has 0 bridgehead atoms. The predicted molar refractivity (Wildman–Crippen MR) is 107 cm³/mol. The molecule has 1 aromatic carbocycles. The van der Waals surface area contributed by atoms with Gasteiger partial charge in [0, 0.05) is 33.1 Å². The van der Waals surface area contributed by atoms with E-state index < -0.39 is 27.0 Å². The third kappa shape index (κ3) is 4.54. The zero-order chi connectivity index (χ0) is 21.9. The van der Waals surface area contributed by atoms with Crippen molar-refractivity contribution in [3.8, 4) is 0 Å². The normalized spacial score (nSPS) is 15.5. The molecule has 1 fully saturated rings. The van der Waals surface area contributed by atoms with Gasteiger partial charge in [0.05, 0.1) is 11.2 Å². The Morgan fingerprint density at radius 2 is 1.60 bits per heavy atom. The average molecular weight is 433 g/mol. The molecule has 1 aliphatic heterocycles. The molecule has 0 unspecified atom stereocenters. The second-order valence-corrected chi connectivity index (χ2v) is 9.05. The Morgan fingerprint density at radius 3 is 2.13 bits per heavy atom. The van der Waals surface area contributed by atoms with Crippen LogP contribution in [0.25, 0.3) is 0 Å². The number of carbonyl (C=O) groups excluding carboxylic acids is 3. The molecule has 10 heteroatoms. The molecule has 1 atom stereocenters. The number of piperazine rings is 1. The van der Waals surface area contributed by atoms with E-state index in [-0.39, 0.29) is 29.7 Å². The number of hydrogen-bond donors (Lipinski definition) is 1. The van der Waals surface area contributed by atoms with Gasteiger partial charge in [0.15, 0.2) is 5.76 Å². The number of rotatable bonds is 5. The van der Waals surface area contributed by atoms with Crippen LogP contribution in [0, 0.1) is 6.92 Å². The lowest BCUT2D eigenvalue weighted by molar-refractivity contribution is -0.138. The molecule has 2 aromatic rings. The largest absolute Gasteiger partial charge is 0.459 e. The molecule has 0 aliphatic carbocycles. The first-order valence-electron chi connectivity index (χ1n) is 9.39. The van der Waals surface area contributed by atoms with Crippen molar-refractivity contribution < 1.29 is 27.2 Å². The number of nitrogens with zero attached hydrogens (tertiary/aromatic N) is 2. The molecule has 160 valence electrons. The van der Waals surface area contributed by atoms with Crippen molar-refractivity contribution in [2.45, 2.75) is 24.1 Å². The van der Waals surface area contributed by atoms with Crippen molar-refractivity contribution in [3.05, 3.63) is 54.0 Å². The molecule has 1 saturated heterocycles. The van der Waals surface area contributed by atoms with Gasteiger partial charge in [0.2, 0.25) is 21.1 Å². The topological polar surface area (TPSA) is 117 Å². The Kier molecular flexibility index (Phi) is 6.25. The van der Waals surface area contributed by atoms with Crippen LogP contribution in [0.3, 0.4) is 0 Å². The summed E-state index contributed by atoms with van der Waals surface area (Å²) < 4.78 is 31.5. The third-order valence-corrected chi connectivity index (χ3v) is 6.80. The molecule has 0 saturated carbocycles. The smallest absolute Gasteiger partial charge is 0.288 e. The van der Waals surface area contributed by atoms with Crippen molar-refractivity contribution in [2.24, 2.45) is 0 Å². The van der Waals surface area contributed by atoms with E-state index in [2.05, 4.69) is 5.32 Å². The summed E-state index contributed by atoms with van der Waals surface area (Å²) in [6.07, 6.45) is 1.28. The van der Waals surface area contributed by atoms with Crippen LogP contribution in [0.2, 0.25) is 0 Å². The maximum atomic E-state index is 13.2. The molecule has 30 heavy (non-hydrogen) atoms. The first-order chi connectivity index (χ1) is 14.2. The standard InChI is InChI=1S/C20H23N3O6S/c1-14-5-7-16(8-6-14)30(27,28)19(21-18(25)17-4-3-13-29-17)20(26)23-11-9-22(10-12-23)15(2)24/h3-8,13,19H,9-12H2,1-2H3,(H,21,25)/t19-/m1/s1. The van der Waals surface area contributed by atoms with Gasteiger partial charge in [-0.1, -0.05) is 17.7 Å². The second kappa shape index (κ2) is 8.70. The van der Waals surface area contributed by atoms with E-state index in [0.29, 0.717) is 13.1 Å². The van der Waals surface area contributed by atoms with Gasteiger partial charge in [-0.05, 0) is 31.2 Å². The van der Waals surface area contributed by atoms with E-state index >= 15 is 0 Å². The fraction of sp³-hybridized carbons (Fsp3) is 0.350. The van der Waals surface area contributed by atoms with Gasteiger partial charge in [-0.25, -0.2) is 8.42 Å². The molecule has 1 aromatic heterocycles. The number of nitrogens with one attached hydrogen (secondary N) is 1. The summed E-state index contributed by atoms with van der Waals surface area (Å²) in [5.74, 6) is -1.78. The quantitative estimate of drug-likeness (QED) is 0.746. The van der Waals surface area contributed by atoms with Crippen molar-refractivity contribution in [3.63, 3.8) is 0 Å². The molecule has 0 spiro atoms. The van der Waals surface area contributed by atoms with Gasteiger partial charge in [-0.2, -0.15) is 0 Å². The number of aryl methyl sites for hydroxylation is 1. The molecular weight excluding hydrogens is 410 g/mol. The molecule has 3 amide bonds. The Labute approximate surface area is 174 Å². The van der Waals surface area contributed by atoms with E-state index in [0.717, 1.165) is 5.56 Å². The minimum atomic E-state index is -4.23. The fourth-order valence-corrected chi connectivity index (χ4v) is 4.61. The van der Waals surface area contributed by atoms with E-state index in [4.69, 9.17) is 4.42 Å². The lowest BCUT2D eigenvalue weighted by atomic mass is 10.2. The van der Waals surface area contributed by atoms with Crippen LogP contribution in [0.5, 0.6) is 0 Å². The van der Waals surface area contributed by atoms with Crippen LogP contribution in [0.4, 0.5) is 0 Å². The van der Waals surface area contributed by atoms with Crippen molar-refractivity contribution in [2.75, 3.05) is 26.2 Å². The van der Waals surface area contributed by atoms with Crippen LogP contribution in [0.15, 0.2) is 52.0 Å². The van der Waals surface area contributed by atoms with Gasteiger partial charge in [0.25, 0.3) is 11.8 Å². The highest BCUT2D eigenvalue weighted by Gasteiger charge is 2.39. The lowest BCUT2D eigenvalue weighted by Gasteiger charge is -2.35. The van der Waals surface area contributed by atoms with Crippen molar-refractivity contribution in [1.29, 1.82) is 0 Å². The van der Waals surface area contributed by atoms with Crippen molar-refractivity contribution in [1.82, 2.24) is 15.1 Å². The van der Waals surface area contributed by atoms with Gasteiger partial charge in [-0.3, -0.25) is 14.4 Å². The molecule has 2 heterocycles. The Morgan fingerprint density at radius 1 is 1.00 bits per heavy atom. The molecule has 1 aliphatic rings. The highest BCUT2D eigenvalue weighted by atomic mass is 32.2. The summed E-state index contributed by atoms with van der Waals surface area (Å²) in [6, 6.07) is 8.90. The zero-order valence-corrected chi connectivity index (χ0v) is 17.5. The maximum absolute atomic E-state index is 13.2. The summed E-state index contributed by atoms with van der Waals surface area (Å²) in [7, 11) is -4.23. The summed E-state index contributed by atoms with van der Waals surface area (Å²) >= 11 is 0. The predicted octanol–water partition coefficient (Wildman–Crippen LogP) is 0.809. The molecule has 9 nitrogen and oxygen atoms in total. The van der Waals surface area contributed by atoms with Crippen LogP contribution >= 0.6 is 0 Å². The zero-order valence-electron chi connectivity index (χ0n) is 16.7. The maximum Gasteiger partial charge on any atom is 0.288 e. The fourth-order valence-electron chi connectivity index (χ4n) is 3.14. The van der Waals surface area contributed by atoms with Gasteiger partial charge in [0.1, 0.15) is 0 Å². The number of amides is 3. The highest BCUT2D eigenvalue weighted by Crippen LogP contribution is 2.19. The minimum absolute atomic E-state index is 0.0754. The van der Waals surface area contributed by atoms with Crippen LogP contribution in [-0.4, -0.2) is 67.5 Å². The monoisotopic (exact) mass is 433 g/mol. The summed E-state index contributed by atoms with van der Waals surface area (Å²) in [6.45, 7) is 4.19. The SMILES string of the molecule is CC(=O)N1CCN(C(=O)[C@H](NC(=O)c2ccco2)S(=O)(=O)c2ccc(C)cc2)CC1. The third-order valence-electron chi connectivity index (χ3n) is 4.93. The first kappa shape index (κ1) is 21.6. The second-order valence-electron chi connectivity index (χ2n) is 7.02. The summed E-state index contributed by atoms with van der Waals surface area (Å²) in [5, 5.41) is 0.494. The molecule has 0 radical (unpaired) electrons. The first-order valence-corrected chi connectivity index (χ1v) is 10.9. The number of furan rings is 1. The molecule has 3 rings (SSSR count). The van der Waals surface area contributed by atoms with E-state index in [9.17, 15) is 22.8 Å². The Bertz CT molecular complexity index is 1020. The lowest BCUT2D eigenvalue weighted by Crippen LogP contribution is -2.57. The average Bonchev–Trinajstić information content (AvgIpc) is 3.26. The van der Waals surface area contributed by atoms with E-state index in [1.54, 1.807) is 17.0 Å². The van der Waals surface area contributed by atoms with Gasteiger partial charge < -0.3 is 19.5 Å². The Balaban J connectivity index is 1.89. The number of sulfone groups is 1. The molecule has 1 N–H and O–H groups in total. The van der Waals surface area contributed by atoms with Crippen LogP contribution < -0.4 is 5.32 Å². The van der Waals surface area contributed by atoms with Crippen LogP contribution in [0.1, 0.15) is 23.0 Å². The number of carbonyl (C=O) groups is 3. The summed E-state index contributed by atoms with van der Waals surface area (Å²) in [5.41, 5.74) is 0.858. The number of hydrogen-bond acceptors (Lipinski definition) is 6.